The summed E-state index contributed by atoms with van der Waals surface area (Å²) in [5.74, 6) is 0.0866. The molecule has 2 heterocycles. The van der Waals surface area contributed by atoms with E-state index in [2.05, 4.69) is 27.9 Å². The Morgan fingerprint density at radius 1 is 1.56 bits per heavy atom. The van der Waals surface area contributed by atoms with E-state index in [9.17, 15) is 4.79 Å². The predicted molar refractivity (Wildman–Crippen MR) is 75.7 cm³/mol. The van der Waals surface area contributed by atoms with Gasteiger partial charge in [0.05, 0.1) is 0 Å². The summed E-state index contributed by atoms with van der Waals surface area (Å²) in [4.78, 5) is 16.5. The van der Waals surface area contributed by atoms with Crippen LogP contribution >= 0.6 is 15.9 Å². The topological polar surface area (TPSA) is 28.5 Å². The van der Waals surface area contributed by atoms with Gasteiger partial charge in [-0.2, -0.15) is 0 Å². The van der Waals surface area contributed by atoms with Gasteiger partial charge in [0, 0.05) is 37.4 Å². The molecular formula is C13H20BrN3O. The molecular weight excluding hydrogens is 294 g/mol. The molecule has 1 aliphatic rings. The normalized spacial score (nSPS) is 20.3. The number of carbonyl (C=O) groups excluding carboxylic acids is 1. The summed E-state index contributed by atoms with van der Waals surface area (Å²) in [5, 5.41) is 0. The van der Waals surface area contributed by atoms with Crippen LogP contribution in [-0.4, -0.2) is 53.5 Å². The highest BCUT2D eigenvalue weighted by Crippen LogP contribution is 2.18. The molecule has 100 valence electrons. The highest BCUT2D eigenvalue weighted by molar-refractivity contribution is 9.10. The zero-order chi connectivity index (χ0) is 13.3. The van der Waals surface area contributed by atoms with Gasteiger partial charge < -0.3 is 14.4 Å². The Morgan fingerprint density at radius 2 is 2.28 bits per heavy atom. The van der Waals surface area contributed by atoms with Crippen LogP contribution in [0, 0.1) is 0 Å². The quantitative estimate of drug-likeness (QED) is 0.853. The van der Waals surface area contributed by atoms with Gasteiger partial charge in [0.25, 0.3) is 5.91 Å². The summed E-state index contributed by atoms with van der Waals surface area (Å²) in [7, 11) is 5.91. The van der Waals surface area contributed by atoms with Crippen molar-refractivity contribution in [3.63, 3.8) is 0 Å². The molecule has 1 aromatic rings. The molecule has 18 heavy (non-hydrogen) atoms. The van der Waals surface area contributed by atoms with Crippen molar-refractivity contribution in [1.29, 1.82) is 0 Å². The molecule has 5 heteroatoms. The maximum Gasteiger partial charge on any atom is 0.270 e. The molecule has 0 aliphatic carbocycles. The van der Waals surface area contributed by atoms with Gasteiger partial charge in [-0.3, -0.25) is 4.79 Å². The van der Waals surface area contributed by atoms with Crippen molar-refractivity contribution in [2.75, 3.05) is 27.2 Å². The van der Waals surface area contributed by atoms with Gasteiger partial charge in [0.1, 0.15) is 5.69 Å². The van der Waals surface area contributed by atoms with Gasteiger partial charge in [-0.1, -0.05) is 0 Å². The lowest BCUT2D eigenvalue weighted by atomic mass is 10.2. The largest absolute Gasteiger partial charge is 0.345 e. The third-order valence-electron chi connectivity index (χ3n) is 3.69. The number of nitrogens with zero attached hydrogens (tertiary/aromatic N) is 3. The van der Waals surface area contributed by atoms with E-state index in [-0.39, 0.29) is 5.91 Å². The Bertz CT molecular complexity index is 443. The summed E-state index contributed by atoms with van der Waals surface area (Å²) >= 11 is 3.40. The van der Waals surface area contributed by atoms with Gasteiger partial charge in [-0.05, 0) is 48.4 Å². The molecule has 0 N–H and O–H groups in total. The molecule has 1 aliphatic heterocycles. The number of amides is 1. The van der Waals surface area contributed by atoms with E-state index in [0.717, 1.165) is 23.3 Å². The number of likely N-dealkylation sites (N-methyl/N-ethyl adjacent to an activating group) is 2. The molecule has 1 saturated heterocycles. The minimum atomic E-state index is 0.0866. The van der Waals surface area contributed by atoms with Crippen LogP contribution < -0.4 is 0 Å². The van der Waals surface area contributed by atoms with Crippen LogP contribution in [0.25, 0.3) is 0 Å². The number of likely N-dealkylation sites (tertiary alicyclic amines) is 1. The molecule has 4 nitrogen and oxygen atoms in total. The van der Waals surface area contributed by atoms with Crippen molar-refractivity contribution in [2.45, 2.75) is 18.9 Å². The van der Waals surface area contributed by atoms with Crippen LogP contribution in [0.15, 0.2) is 16.7 Å². The fourth-order valence-electron chi connectivity index (χ4n) is 2.54. The second kappa shape index (κ2) is 5.45. The molecule has 1 unspecified atom stereocenters. The number of aryl methyl sites for hydroxylation is 1. The fourth-order valence-corrected chi connectivity index (χ4v) is 3.07. The lowest BCUT2D eigenvalue weighted by Gasteiger charge is -2.26. The maximum absolute atomic E-state index is 12.3. The first-order chi connectivity index (χ1) is 8.49. The zero-order valence-corrected chi connectivity index (χ0v) is 12.8. The van der Waals surface area contributed by atoms with Crippen LogP contribution in [0.1, 0.15) is 23.3 Å². The summed E-state index contributed by atoms with van der Waals surface area (Å²) in [6.45, 7) is 1.94. The highest BCUT2D eigenvalue weighted by atomic mass is 79.9. The average molecular weight is 314 g/mol. The van der Waals surface area contributed by atoms with Gasteiger partial charge >= 0.3 is 0 Å². The molecule has 0 radical (unpaired) electrons. The van der Waals surface area contributed by atoms with Crippen LogP contribution in [0.4, 0.5) is 0 Å². The lowest BCUT2D eigenvalue weighted by Crippen LogP contribution is -2.40. The fraction of sp³-hybridized carbons (Fsp3) is 0.615. The van der Waals surface area contributed by atoms with Crippen molar-refractivity contribution in [1.82, 2.24) is 14.4 Å². The van der Waals surface area contributed by atoms with Gasteiger partial charge in [-0.15, -0.1) is 0 Å². The van der Waals surface area contributed by atoms with Crippen LogP contribution in [0.5, 0.6) is 0 Å². The summed E-state index contributed by atoms with van der Waals surface area (Å²) < 4.78 is 2.81. The van der Waals surface area contributed by atoms with E-state index < -0.39 is 0 Å². The van der Waals surface area contributed by atoms with E-state index in [0.29, 0.717) is 6.04 Å². The van der Waals surface area contributed by atoms with Crippen molar-refractivity contribution < 1.29 is 4.79 Å². The molecule has 0 spiro atoms. The minimum absolute atomic E-state index is 0.0866. The molecule has 1 fully saturated rings. The van der Waals surface area contributed by atoms with Crippen LogP contribution in [0.3, 0.4) is 0 Å². The zero-order valence-electron chi connectivity index (χ0n) is 11.2. The molecule has 2 rings (SSSR count). The molecule has 1 aromatic heterocycles. The minimum Gasteiger partial charge on any atom is -0.345 e. The molecule has 0 saturated carbocycles. The number of halogens is 1. The third-order valence-corrected chi connectivity index (χ3v) is 4.13. The summed E-state index contributed by atoms with van der Waals surface area (Å²) in [5.41, 5.74) is 0.727. The molecule has 1 amide bonds. The number of hydrogen-bond acceptors (Lipinski definition) is 2. The third kappa shape index (κ3) is 2.78. The predicted octanol–water partition coefficient (Wildman–Crippen LogP) is 1.95. The Balaban J connectivity index is 2.02. The first-order valence-corrected chi connectivity index (χ1v) is 7.06. The molecule has 0 bridgehead atoms. The SMILES string of the molecule is CN(CC1CCCN1C)C(=O)c1cc(Br)cn1C. The van der Waals surface area contributed by atoms with E-state index in [1.807, 2.05) is 35.8 Å². The Labute approximate surface area is 117 Å². The van der Waals surface area contributed by atoms with Crippen molar-refractivity contribution in [2.24, 2.45) is 7.05 Å². The smallest absolute Gasteiger partial charge is 0.270 e. The van der Waals surface area contributed by atoms with E-state index >= 15 is 0 Å². The highest BCUT2D eigenvalue weighted by Gasteiger charge is 2.25. The maximum atomic E-state index is 12.3. The molecule has 1 atom stereocenters. The van der Waals surface area contributed by atoms with Crippen LogP contribution in [0.2, 0.25) is 0 Å². The monoisotopic (exact) mass is 313 g/mol. The van der Waals surface area contributed by atoms with Gasteiger partial charge in [0.15, 0.2) is 0 Å². The first kappa shape index (κ1) is 13.6. The van der Waals surface area contributed by atoms with Gasteiger partial charge in [0.2, 0.25) is 0 Å². The van der Waals surface area contributed by atoms with Crippen molar-refractivity contribution >= 4 is 21.8 Å². The Kier molecular flexibility index (Phi) is 4.12. The average Bonchev–Trinajstić information content (AvgIpc) is 2.85. The summed E-state index contributed by atoms with van der Waals surface area (Å²) in [6, 6.07) is 2.37. The Morgan fingerprint density at radius 3 is 2.78 bits per heavy atom. The standard InChI is InChI=1S/C13H20BrN3O/c1-15-6-4-5-11(15)9-17(3)13(18)12-7-10(14)8-16(12)2/h7-8,11H,4-6,9H2,1-3H3. The second-order valence-electron chi connectivity index (χ2n) is 5.12. The number of rotatable bonds is 3. The van der Waals surface area contributed by atoms with Crippen LogP contribution in [-0.2, 0) is 7.05 Å². The van der Waals surface area contributed by atoms with E-state index in [1.165, 1.54) is 12.8 Å². The van der Waals surface area contributed by atoms with E-state index in [4.69, 9.17) is 0 Å². The molecule has 0 aromatic carbocycles. The second-order valence-corrected chi connectivity index (χ2v) is 6.03. The van der Waals surface area contributed by atoms with Gasteiger partial charge in [-0.25, -0.2) is 0 Å². The number of carbonyl (C=O) groups is 1. The number of hydrogen-bond donors (Lipinski definition) is 0. The lowest BCUT2D eigenvalue weighted by molar-refractivity contribution is 0.0752. The summed E-state index contributed by atoms with van der Waals surface area (Å²) in [6.07, 6.45) is 4.33. The van der Waals surface area contributed by atoms with E-state index in [1.54, 1.807) is 0 Å². The first-order valence-electron chi connectivity index (χ1n) is 6.26. The van der Waals surface area contributed by atoms with Crippen molar-refractivity contribution in [3.8, 4) is 0 Å². The van der Waals surface area contributed by atoms with Crippen molar-refractivity contribution in [3.05, 3.63) is 22.4 Å². The number of aromatic nitrogens is 1. The Hall–Kier alpha value is -0.810.